The molecule has 1 saturated heterocycles. The Morgan fingerprint density at radius 3 is 2.11 bits per heavy atom. The summed E-state index contributed by atoms with van der Waals surface area (Å²) in [5.74, 6) is 0.932. The van der Waals surface area contributed by atoms with Gasteiger partial charge in [0.1, 0.15) is 0 Å². The normalized spacial score (nSPS) is 36.8. The number of rotatable bonds is 6. The van der Waals surface area contributed by atoms with Gasteiger partial charge in [0.15, 0.2) is 0 Å². The van der Waals surface area contributed by atoms with Crippen molar-refractivity contribution in [3.8, 4) is 0 Å². The molecule has 0 bridgehead atoms. The minimum absolute atomic E-state index is 0.237. The third-order valence-corrected chi connectivity index (χ3v) is 4.77. The topological polar surface area (TPSA) is 33.7 Å². The molecule has 0 radical (unpaired) electrons. The Labute approximate surface area is 117 Å². The summed E-state index contributed by atoms with van der Waals surface area (Å²) in [4.78, 5) is 2.45. The van der Waals surface area contributed by atoms with Gasteiger partial charge < -0.3 is 14.8 Å². The first kappa shape index (κ1) is 15.2. The van der Waals surface area contributed by atoms with Crippen LogP contribution in [0.5, 0.6) is 0 Å². The van der Waals surface area contributed by atoms with Gasteiger partial charge in [-0.25, -0.2) is 0 Å². The average Bonchev–Trinajstić information content (AvgIpc) is 2.83. The maximum Gasteiger partial charge on any atom is 0.0971 e. The minimum atomic E-state index is 0.237. The summed E-state index contributed by atoms with van der Waals surface area (Å²) in [5.41, 5.74) is 0. The van der Waals surface area contributed by atoms with E-state index in [9.17, 15) is 0 Å². The SMILES string of the molecule is COC1CN(CCNC2CCC(C)CC2)CC1OC. The Hall–Kier alpha value is -0.160. The smallest absolute Gasteiger partial charge is 0.0971 e. The predicted molar refractivity (Wildman–Crippen MR) is 77.5 cm³/mol. The molecule has 0 aromatic carbocycles. The van der Waals surface area contributed by atoms with Crippen molar-refractivity contribution in [1.82, 2.24) is 10.2 Å². The van der Waals surface area contributed by atoms with E-state index in [1.54, 1.807) is 14.2 Å². The van der Waals surface area contributed by atoms with Crippen LogP contribution < -0.4 is 5.32 Å². The van der Waals surface area contributed by atoms with Gasteiger partial charge in [-0.05, 0) is 31.6 Å². The third kappa shape index (κ3) is 4.42. The lowest BCUT2D eigenvalue weighted by atomic mass is 9.87. The molecular formula is C15H30N2O2. The first-order chi connectivity index (χ1) is 9.22. The maximum atomic E-state index is 5.47. The third-order valence-electron chi connectivity index (χ3n) is 4.77. The monoisotopic (exact) mass is 270 g/mol. The van der Waals surface area contributed by atoms with Crippen LogP contribution in [-0.2, 0) is 9.47 Å². The van der Waals surface area contributed by atoms with E-state index in [-0.39, 0.29) is 12.2 Å². The van der Waals surface area contributed by atoms with Gasteiger partial charge in [0, 0.05) is 46.4 Å². The molecule has 1 saturated carbocycles. The highest BCUT2D eigenvalue weighted by molar-refractivity contribution is 4.86. The van der Waals surface area contributed by atoms with Crippen LogP contribution in [0.3, 0.4) is 0 Å². The lowest BCUT2D eigenvalue weighted by Gasteiger charge is -2.27. The first-order valence-corrected chi connectivity index (χ1v) is 7.74. The van der Waals surface area contributed by atoms with Crippen LogP contribution in [0.1, 0.15) is 32.6 Å². The number of nitrogens with zero attached hydrogens (tertiary/aromatic N) is 1. The molecule has 1 aliphatic heterocycles. The van der Waals surface area contributed by atoms with Crippen LogP contribution in [0.25, 0.3) is 0 Å². The second kappa shape index (κ2) is 7.58. The standard InChI is InChI=1S/C15H30N2O2/c1-12-4-6-13(7-5-12)16-8-9-17-10-14(18-2)15(11-17)19-3/h12-16H,4-11H2,1-3H3. The Balaban J connectivity index is 1.61. The van der Waals surface area contributed by atoms with Crippen LogP contribution in [0, 0.1) is 5.92 Å². The zero-order valence-corrected chi connectivity index (χ0v) is 12.7. The van der Waals surface area contributed by atoms with Crippen LogP contribution in [0.15, 0.2) is 0 Å². The highest BCUT2D eigenvalue weighted by Crippen LogP contribution is 2.23. The van der Waals surface area contributed by atoms with Gasteiger partial charge in [0.2, 0.25) is 0 Å². The summed E-state index contributed by atoms with van der Waals surface area (Å²) in [6.07, 6.45) is 5.95. The zero-order chi connectivity index (χ0) is 13.7. The van der Waals surface area contributed by atoms with Gasteiger partial charge in [-0.3, -0.25) is 4.90 Å². The van der Waals surface area contributed by atoms with Gasteiger partial charge in [0.05, 0.1) is 12.2 Å². The summed E-state index contributed by atoms with van der Waals surface area (Å²) in [5, 5.41) is 3.71. The summed E-state index contributed by atoms with van der Waals surface area (Å²) in [6, 6.07) is 0.746. The molecule has 19 heavy (non-hydrogen) atoms. The fraction of sp³-hybridized carbons (Fsp3) is 1.00. The van der Waals surface area contributed by atoms with Crippen molar-refractivity contribution in [3.05, 3.63) is 0 Å². The van der Waals surface area contributed by atoms with E-state index in [1.165, 1.54) is 25.7 Å². The molecule has 0 aromatic rings. The molecule has 2 atom stereocenters. The second-order valence-electron chi connectivity index (χ2n) is 6.22. The van der Waals surface area contributed by atoms with E-state index in [0.717, 1.165) is 38.1 Å². The van der Waals surface area contributed by atoms with E-state index in [4.69, 9.17) is 9.47 Å². The van der Waals surface area contributed by atoms with E-state index in [1.807, 2.05) is 0 Å². The average molecular weight is 270 g/mol. The highest BCUT2D eigenvalue weighted by Gasteiger charge is 2.32. The second-order valence-corrected chi connectivity index (χ2v) is 6.22. The van der Waals surface area contributed by atoms with Gasteiger partial charge in [-0.15, -0.1) is 0 Å². The lowest BCUT2D eigenvalue weighted by molar-refractivity contribution is -0.00461. The van der Waals surface area contributed by atoms with E-state index in [0.29, 0.717) is 0 Å². The van der Waals surface area contributed by atoms with Crippen molar-refractivity contribution >= 4 is 0 Å². The molecule has 0 amide bonds. The fourth-order valence-electron chi connectivity index (χ4n) is 3.34. The van der Waals surface area contributed by atoms with Gasteiger partial charge in [-0.1, -0.05) is 6.92 Å². The van der Waals surface area contributed by atoms with Crippen molar-refractivity contribution in [2.75, 3.05) is 40.4 Å². The Morgan fingerprint density at radius 1 is 1.00 bits per heavy atom. The Morgan fingerprint density at radius 2 is 1.58 bits per heavy atom. The molecular weight excluding hydrogens is 240 g/mol. The molecule has 1 N–H and O–H groups in total. The van der Waals surface area contributed by atoms with E-state index >= 15 is 0 Å². The van der Waals surface area contributed by atoms with Crippen molar-refractivity contribution < 1.29 is 9.47 Å². The number of methoxy groups -OCH3 is 2. The van der Waals surface area contributed by atoms with Crippen LogP contribution in [0.4, 0.5) is 0 Å². The number of hydrogen-bond acceptors (Lipinski definition) is 4. The molecule has 2 aliphatic rings. The molecule has 2 fully saturated rings. The predicted octanol–water partition coefficient (Wildman–Crippen LogP) is 1.50. The van der Waals surface area contributed by atoms with E-state index in [2.05, 4.69) is 17.1 Å². The fourth-order valence-corrected chi connectivity index (χ4v) is 3.34. The van der Waals surface area contributed by atoms with Crippen molar-refractivity contribution in [2.45, 2.75) is 50.9 Å². The molecule has 112 valence electrons. The summed E-state index contributed by atoms with van der Waals surface area (Å²) >= 11 is 0. The molecule has 4 heteroatoms. The number of likely N-dealkylation sites (tertiary alicyclic amines) is 1. The molecule has 0 aromatic heterocycles. The van der Waals surface area contributed by atoms with Crippen LogP contribution in [0.2, 0.25) is 0 Å². The van der Waals surface area contributed by atoms with Crippen molar-refractivity contribution in [2.24, 2.45) is 5.92 Å². The number of hydrogen-bond donors (Lipinski definition) is 1. The Kier molecular flexibility index (Phi) is 6.07. The van der Waals surface area contributed by atoms with Crippen molar-refractivity contribution in [3.63, 3.8) is 0 Å². The van der Waals surface area contributed by atoms with Gasteiger partial charge >= 0.3 is 0 Å². The van der Waals surface area contributed by atoms with E-state index < -0.39 is 0 Å². The Bertz CT molecular complexity index is 243. The minimum Gasteiger partial charge on any atom is -0.377 e. The lowest BCUT2D eigenvalue weighted by Crippen LogP contribution is -2.38. The molecule has 2 unspecified atom stereocenters. The summed E-state index contributed by atoms with van der Waals surface area (Å²) in [7, 11) is 3.56. The largest absolute Gasteiger partial charge is 0.377 e. The number of nitrogens with one attached hydrogen (secondary N) is 1. The summed E-state index contributed by atoms with van der Waals surface area (Å²) in [6.45, 7) is 6.56. The molecule has 2 rings (SSSR count). The molecule has 0 spiro atoms. The molecule has 1 aliphatic carbocycles. The van der Waals surface area contributed by atoms with Crippen LogP contribution >= 0.6 is 0 Å². The highest BCUT2D eigenvalue weighted by atomic mass is 16.5. The summed E-state index contributed by atoms with van der Waals surface area (Å²) < 4.78 is 10.9. The van der Waals surface area contributed by atoms with Crippen LogP contribution in [-0.4, -0.2) is 63.5 Å². The van der Waals surface area contributed by atoms with Gasteiger partial charge in [-0.2, -0.15) is 0 Å². The molecule has 1 heterocycles. The first-order valence-electron chi connectivity index (χ1n) is 7.74. The van der Waals surface area contributed by atoms with Crippen molar-refractivity contribution in [1.29, 1.82) is 0 Å². The quantitative estimate of drug-likeness (QED) is 0.793. The zero-order valence-electron chi connectivity index (χ0n) is 12.7. The molecule has 4 nitrogen and oxygen atoms in total. The van der Waals surface area contributed by atoms with Gasteiger partial charge in [0.25, 0.3) is 0 Å². The number of ether oxygens (including phenoxy) is 2. The maximum absolute atomic E-state index is 5.47.